The van der Waals surface area contributed by atoms with Crippen molar-refractivity contribution in [2.24, 2.45) is 0 Å². The van der Waals surface area contributed by atoms with Crippen molar-refractivity contribution in [3.63, 3.8) is 0 Å². The molecule has 1 aromatic carbocycles. The fourth-order valence-corrected chi connectivity index (χ4v) is 1.35. The summed E-state index contributed by atoms with van der Waals surface area (Å²) in [5.74, 6) is -0.527. The minimum absolute atomic E-state index is 0.0952. The van der Waals surface area contributed by atoms with Crippen LogP contribution in [-0.2, 0) is 9.53 Å². The van der Waals surface area contributed by atoms with Gasteiger partial charge in [0.15, 0.2) is 17.8 Å². The smallest absolute Gasteiger partial charge is 0.330 e. The Morgan fingerprint density at radius 1 is 1.44 bits per heavy atom. The van der Waals surface area contributed by atoms with E-state index in [2.05, 4.69) is 0 Å². The molecule has 0 aliphatic heterocycles. The number of carbonyl (C=O) groups excluding carboxylic acids is 2. The number of hydrogen-bond acceptors (Lipinski definition) is 5. The fourth-order valence-electron chi connectivity index (χ4n) is 1.35. The van der Waals surface area contributed by atoms with Gasteiger partial charge in [0.2, 0.25) is 0 Å². The van der Waals surface area contributed by atoms with Crippen LogP contribution in [-0.4, -0.2) is 31.1 Å². The molecule has 0 aliphatic rings. The predicted octanol–water partition coefficient (Wildman–Crippen LogP) is 1.79. The topological polar surface area (TPSA) is 72.8 Å². The second-order valence-electron chi connectivity index (χ2n) is 3.36. The molecule has 0 atom stereocenters. The number of hydrogen-bond donors (Lipinski definition) is 1. The molecule has 0 saturated carbocycles. The van der Waals surface area contributed by atoms with Crippen LogP contribution in [0.2, 0.25) is 0 Å². The van der Waals surface area contributed by atoms with Gasteiger partial charge in [0.1, 0.15) is 0 Å². The number of methoxy groups -OCH3 is 1. The second kappa shape index (κ2) is 6.44. The molecular formula is C13H14O5. The number of esters is 1. The summed E-state index contributed by atoms with van der Waals surface area (Å²) in [6, 6.07) is 2.96. The van der Waals surface area contributed by atoms with Gasteiger partial charge in [-0.15, -0.1) is 0 Å². The van der Waals surface area contributed by atoms with Crippen molar-refractivity contribution in [3.8, 4) is 11.5 Å². The minimum Gasteiger partial charge on any atom is -0.504 e. The highest BCUT2D eigenvalue weighted by Gasteiger charge is 2.08. The average Bonchev–Trinajstić information content (AvgIpc) is 2.37. The highest BCUT2D eigenvalue weighted by molar-refractivity contribution is 5.88. The van der Waals surface area contributed by atoms with Crippen LogP contribution in [0.3, 0.4) is 0 Å². The minimum atomic E-state index is -0.475. The Bertz CT molecular complexity index is 477. The van der Waals surface area contributed by atoms with Crippen molar-refractivity contribution in [2.45, 2.75) is 6.92 Å². The molecule has 0 aliphatic carbocycles. The largest absolute Gasteiger partial charge is 0.504 e. The SMILES string of the molecule is CCOC(=O)C=Cc1cc(C=O)c(O)c(OC)c1. The molecule has 0 unspecified atom stereocenters. The van der Waals surface area contributed by atoms with E-state index < -0.39 is 5.97 Å². The van der Waals surface area contributed by atoms with Crippen LogP contribution in [0.5, 0.6) is 11.5 Å². The van der Waals surface area contributed by atoms with Crippen LogP contribution in [0.25, 0.3) is 6.08 Å². The van der Waals surface area contributed by atoms with Crippen LogP contribution < -0.4 is 4.74 Å². The van der Waals surface area contributed by atoms with E-state index in [1.165, 1.54) is 31.4 Å². The molecule has 1 N–H and O–H groups in total. The molecule has 5 nitrogen and oxygen atoms in total. The summed E-state index contributed by atoms with van der Waals surface area (Å²) >= 11 is 0. The molecule has 1 aromatic rings. The van der Waals surface area contributed by atoms with E-state index in [0.717, 1.165) is 0 Å². The lowest BCUT2D eigenvalue weighted by molar-refractivity contribution is -0.137. The number of aromatic hydroxyl groups is 1. The molecule has 1 rings (SSSR count). The average molecular weight is 250 g/mol. The standard InChI is InChI=1S/C13H14O5/c1-3-18-12(15)5-4-9-6-10(8-14)13(16)11(7-9)17-2/h4-8,16H,3H2,1-2H3. The van der Waals surface area contributed by atoms with Crippen LogP contribution in [0.15, 0.2) is 18.2 Å². The monoisotopic (exact) mass is 250 g/mol. The molecule has 0 aromatic heterocycles. The molecule has 0 spiro atoms. The van der Waals surface area contributed by atoms with Crippen molar-refractivity contribution < 1.29 is 24.2 Å². The molecule has 0 heterocycles. The van der Waals surface area contributed by atoms with Crippen molar-refractivity contribution in [3.05, 3.63) is 29.3 Å². The predicted molar refractivity (Wildman–Crippen MR) is 65.7 cm³/mol. The van der Waals surface area contributed by atoms with Crippen molar-refractivity contribution >= 4 is 18.3 Å². The zero-order valence-corrected chi connectivity index (χ0v) is 10.2. The summed E-state index contributed by atoms with van der Waals surface area (Å²) in [6.45, 7) is 2.00. The summed E-state index contributed by atoms with van der Waals surface area (Å²) in [6.07, 6.45) is 3.23. The van der Waals surface area contributed by atoms with Crippen molar-refractivity contribution in [1.82, 2.24) is 0 Å². The van der Waals surface area contributed by atoms with Gasteiger partial charge in [-0.05, 0) is 30.7 Å². The van der Waals surface area contributed by atoms with Crippen LogP contribution in [0.4, 0.5) is 0 Å². The Morgan fingerprint density at radius 3 is 2.72 bits per heavy atom. The number of rotatable bonds is 5. The lowest BCUT2D eigenvalue weighted by atomic mass is 10.1. The van der Waals surface area contributed by atoms with Gasteiger partial charge < -0.3 is 14.6 Å². The van der Waals surface area contributed by atoms with Gasteiger partial charge in [-0.25, -0.2) is 4.79 Å². The molecule has 5 heteroatoms. The first-order valence-electron chi connectivity index (χ1n) is 5.33. The van der Waals surface area contributed by atoms with Crippen LogP contribution in [0, 0.1) is 0 Å². The number of carbonyl (C=O) groups is 2. The number of phenolic OH excluding ortho intramolecular Hbond substituents is 1. The summed E-state index contributed by atoms with van der Waals surface area (Å²) in [5, 5.41) is 9.60. The van der Waals surface area contributed by atoms with E-state index in [4.69, 9.17) is 9.47 Å². The van der Waals surface area contributed by atoms with Gasteiger partial charge >= 0.3 is 5.97 Å². The number of benzene rings is 1. The Morgan fingerprint density at radius 2 is 2.17 bits per heavy atom. The molecule has 96 valence electrons. The zero-order chi connectivity index (χ0) is 13.5. The molecule has 18 heavy (non-hydrogen) atoms. The first kappa shape index (κ1) is 13.8. The number of phenols is 1. The third-order valence-electron chi connectivity index (χ3n) is 2.17. The van der Waals surface area contributed by atoms with Crippen molar-refractivity contribution in [2.75, 3.05) is 13.7 Å². The molecule has 0 amide bonds. The lowest BCUT2D eigenvalue weighted by Crippen LogP contribution is -1.98. The van der Waals surface area contributed by atoms with E-state index in [0.29, 0.717) is 18.5 Å². The van der Waals surface area contributed by atoms with Gasteiger partial charge in [-0.3, -0.25) is 4.79 Å². The van der Waals surface area contributed by atoms with Gasteiger partial charge in [-0.2, -0.15) is 0 Å². The summed E-state index contributed by atoms with van der Waals surface area (Å²) < 4.78 is 9.65. The van der Waals surface area contributed by atoms with Crippen molar-refractivity contribution in [1.29, 1.82) is 0 Å². The highest BCUT2D eigenvalue weighted by atomic mass is 16.5. The van der Waals surface area contributed by atoms with Crippen LogP contribution >= 0.6 is 0 Å². The Balaban J connectivity index is 3.03. The Hall–Kier alpha value is -2.30. The summed E-state index contributed by atoms with van der Waals surface area (Å²) in [4.78, 5) is 21.9. The lowest BCUT2D eigenvalue weighted by Gasteiger charge is -2.06. The molecule has 0 fully saturated rings. The quantitative estimate of drug-likeness (QED) is 0.490. The van der Waals surface area contributed by atoms with E-state index in [1.54, 1.807) is 6.92 Å². The van der Waals surface area contributed by atoms with E-state index in [1.807, 2.05) is 0 Å². The Labute approximate surface area is 105 Å². The first-order valence-corrected chi connectivity index (χ1v) is 5.33. The zero-order valence-electron chi connectivity index (χ0n) is 10.2. The maximum absolute atomic E-state index is 11.1. The molecule has 0 saturated heterocycles. The van der Waals surface area contributed by atoms with E-state index >= 15 is 0 Å². The second-order valence-corrected chi connectivity index (χ2v) is 3.36. The molecule has 0 bridgehead atoms. The van der Waals surface area contributed by atoms with Gasteiger partial charge in [-0.1, -0.05) is 0 Å². The third kappa shape index (κ3) is 3.35. The third-order valence-corrected chi connectivity index (χ3v) is 2.17. The van der Waals surface area contributed by atoms with Crippen LogP contribution in [0.1, 0.15) is 22.8 Å². The van der Waals surface area contributed by atoms with Gasteiger partial charge in [0.25, 0.3) is 0 Å². The summed E-state index contributed by atoms with van der Waals surface area (Å²) in [5.41, 5.74) is 0.651. The normalized spacial score (nSPS) is 10.3. The van der Waals surface area contributed by atoms with Gasteiger partial charge in [0, 0.05) is 6.08 Å². The number of aldehydes is 1. The summed E-state index contributed by atoms with van der Waals surface area (Å²) in [7, 11) is 1.38. The maximum Gasteiger partial charge on any atom is 0.330 e. The number of ether oxygens (including phenoxy) is 2. The fraction of sp³-hybridized carbons (Fsp3) is 0.231. The highest BCUT2D eigenvalue weighted by Crippen LogP contribution is 2.30. The first-order chi connectivity index (χ1) is 8.62. The molecule has 0 radical (unpaired) electrons. The Kier molecular flexibility index (Phi) is 4.92. The van der Waals surface area contributed by atoms with E-state index in [9.17, 15) is 14.7 Å². The molecular weight excluding hydrogens is 236 g/mol. The maximum atomic E-state index is 11.1. The van der Waals surface area contributed by atoms with E-state index in [-0.39, 0.29) is 17.1 Å². The van der Waals surface area contributed by atoms with Gasteiger partial charge in [0.05, 0.1) is 19.3 Å².